The van der Waals surface area contributed by atoms with Crippen LogP contribution in [0.25, 0.3) is 0 Å². The number of hydrogen-bond acceptors (Lipinski definition) is 4. The number of rotatable bonds is 4. The molecule has 3 saturated heterocycles. The molecule has 0 radical (unpaired) electrons. The smallest absolute Gasteiger partial charge is 0.231 e. The number of aliphatic hydroxyl groups is 1. The van der Waals surface area contributed by atoms with Gasteiger partial charge in [0, 0.05) is 26.9 Å². The van der Waals surface area contributed by atoms with Crippen LogP contribution in [0.1, 0.15) is 50.6 Å². The number of aromatic nitrogens is 3. The largest absolute Gasteiger partial charge is 0.383 e. The minimum Gasteiger partial charge on any atom is -0.383 e. The van der Waals surface area contributed by atoms with Crippen LogP contribution in [-0.4, -0.2) is 64.1 Å². The van der Waals surface area contributed by atoms with Gasteiger partial charge < -0.3 is 14.9 Å². The van der Waals surface area contributed by atoms with E-state index in [9.17, 15) is 9.90 Å². The van der Waals surface area contributed by atoms with Crippen molar-refractivity contribution in [3.05, 3.63) is 11.9 Å². The van der Waals surface area contributed by atoms with E-state index in [1.165, 1.54) is 11.3 Å². The van der Waals surface area contributed by atoms with Gasteiger partial charge in [0.2, 0.25) is 5.91 Å². The van der Waals surface area contributed by atoms with E-state index in [1.54, 1.807) is 4.90 Å². The summed E-state index contributed by atoms with van der Waals surface area (Å²) < 4.78 is 1.92. The highest BCUT2D eigenvalue weighted by molar-refractivity contribution is 5.78. The van der Waals surface area contributed by atoms with Crippen LogP contribution in [0.5, 0.6) is 0 Å². The van der Waals surface area contributed by atoms with Crippen LogP contribution in [-0.2, 0) is 16.9 Å². The average molecular weight is 362 g/mol. The van der Waals surface area contributed by atoms with Crippen molar-refractivity contribution in [2.75, 3.05) is 27.2 Å². The van der Waals surface area contributed by atoms with Gasteiger partial charge >= 0.3 is 0 Å². The number of fused-ring (bicyclic) bond motifs is 3. The number of nitrogens with one attached hydrogen (secondary N) is 1. The first kappa shape index (κ1) is 17.9. The molecule has 5 rings (SSSR count). The highest BCUT2D eigenvalue weighted by Gasteiger charge is 2.47. The first-order chi connectivity index (χ1) is 12.5. The molecule has 4 fully saturated rings. The van der Waals surface area contributed by atoms with Crippen molar-refractivity contribution in [1.82, 2.24) is 19.9 Å². The zero-order chi connectivity index (χ0) is 18.3. The van der Waals surface area contributed by atoms with E-state index in [4.69, 9.17) is 0 Å². The quantitative estimate of drug-likeness (QED) is 0.779. The first-order valence-corrected chi connectivity index (χ1v) is 10.1. The van der Waals surface area contributed by atoms with E-state index < -0.39 is 5.60 Å². The maximum absolute atomic E-state index is 12.4. The number of carbonyl (C=O) groups excluding carboxylic acids is 1. The van der Waals surface area contributed by atoms with Crippen molar-refractivity contribution in [3.63, 3.8) is 0 Å². The molecule has 2 N–H and O–H groups in total. The molecular weight excluding hydrogens is 330 g/mol. The number of hydrogen-bond donors (Lipinski definition) is 2. The fourth-order valence-corrected chi connectivity index (χ4v) is 5.35. The van der Waals surface area contributed by atoms with Crippen LogP contribution in [0, 0.1) is 11.8 Å². The third-order valence-corrected chi connectivity index (χ3v) is 6.91. The SMILES string of the molecule is CN(C)C(=O)[C@H]1C[NH+]2CC[C@@H]1C[C@@H]2Cn1cc(C2(O)CCCCC2)nn1. The Bertz CT molecular complexity index is 652. The lowest BCUT2D eigenvalue weighted by Gasteiger charge is -2.46. The van der Waals surface area contributed by atoms with Crippen LogP contribution in [0.3, 0.4) is 0 Å². The summed E-state index contributed by atoms with van der Waals surface area (Å²) in [7, 11) is 3.72. The molecule has 7 heteroatoms. The molecule has 0 aromatic carbocycles. The predicted molar refractivity (Wildman–Crippen MR) is 96.4 cm³/mol. The summed E-state index contributed by atoms with van der Waals surface area (Å²) in [6.07, 6.45) is 9.10. The van der Waals surface area contributed by atoms with Crippen molar-refractivity contribution in [2.45, 2.75) is 63.1 Å². The second-order valence-electron chi connectivity index (χ2n) is 8.85. The number of nitrogens with zero attached hydrogens (tertiary/aromatic N) is 4. The van der Waals surface area contributed by atoms with Gasteiger partial charge in [-0.1, -0.05) is 24.5 Å². The van der Waals surface area contributed by atoms with E-state index in [-0.39, 0.29) is 11.8 Å². The Labute approximate surface area is 155 Å². The van der Waals surface area contributed by atoms with Crippen molar-refractivity contribution in [3.8, 4) is 0 Å². The molecule has 4 heterocycles. The van der Waals surface area contributed by atoms with Gasteiger partial charge in [-0.05, 0) is 18.8 Å². The Kier molecular flexibility index (Phi) is 4.77. The summed E-state index contributed by atoms with van der Waals surface area (Å²) in [5, 5.41) is 19.5. The molecule has 144 valence electrons. The number of quaternary nitrogens is 1. The first-order valence-electron chi connectivity index (χ1n) is 10.1. The molecule has 4 atom stereocenters. The van der Waals surface area contributed by atoms with E-state index >= 15 is 0 Å². The fraction of sp³-hybridized carbons (Fsp3) is 0.842. The topological polar surface area (TPSA) is 75.7 Å². The molecule has 0 spiro atoms. The molecule has 1 aromatic rings. The van der Waals surface area contributed by atoms with Gasteiger partial charge in [0.1, 0.15) is 17.3 Å². The van der Waals surface area contributed by atoms with Gasteiger partial charge in [0.25, 0.3) is 0 Å². The summed E-state index contributed by atoms with van der Waals surface area (Å²) in [4.78, 5) is 15.7. The molecule has 1 aliphatic carbocycles. The van der Waals surface area contributed by atoms with E-state index in [1.807, 2.05) is 25.0 Å². The second-order valence-corrected chi connectivity index (χ2v) is 8.85. The average Bonchev–Trinajstić information content (AvgIpc) is 3.11. The normalized spacial score (nSPS) is 33.2. The van der Waals surface area contributed by atoms with Gasteiger partial charge in [0.05, 0.1) is 31.7 Å². The van der Waals surface area contributed by atoms with E-state index in [0.29, 0.717) is 12.0 Å². The van der Waals surface area contributed by atoms with Gasteiger partial charge in [-0.2, -0.15) is 0 Å². The summed E-state index contributed by atoms with van der Waals surface area (Å²) in [5.41, 5.74) is -0.0397. The lowest BCUT2D eigenvalue weighted by Crippen LogP contribution is -3.20. The zero-order valence-corrected chi connectivity index (χ0v) is 16.0. The summed E-state index contributed by atoms with van der Waals surface area (Å²) >= 11 is 0. The molecule has 1 unspecified atom stereocenters. The number of amides is 1. The monoisotopic (exact) mass is 362 g/mol. The molecule has 1 aromatic heterocycles. The van der Waals surface area contributed by atoms with Crippen LogP contribution >= 0.6 is 0 Å². The van der Waals surface area contributed by atoms with E-state index in [2.05, 4.69) is 10.3 Å². The van der Waals surface area contributed by atoms with Gasteiger partial charge in [-0.3, -0.25) is 4.79 Å². The van der Waals surface area contributed by atoms with Crippen molar-refractivity contribution >= 4 is 5.91 Å². The van der Waals surface area contributed by atoms with Gasteiger partial charge in [-0.15, -0.1) is 5.10 Å². The summed E-state index contributed by atoms with van der Waals surface area (Å²) in [6, 6.07) is 0.496. The third kappa shape index (κ3) is 3.27. The highest BCUT2D eigenvalue weighted by atomic mass is 16.3. The molecule has 7 nitrogen and oxygen atoms in total. The molecule has 1 saturated carbocycles. The maximum atomic E-state index is 12.4. The summed E-state index contributed by atoms with van der Waals surface area (Å²) in [5.74, 6) is 0.963. The van der Waals surface area contributed by atoms with E-state index in [0.717, 1.165) is 63.9 Å². The Morgan fingerprint density at radius 1 is 1.38 bits per heavy atom. The standard InChI is InChI=1S/C19H31N5O2/c1-22(2)18(25)16-12-23-9-6-14(16)10-15(23)11-24-13-17(20-21-24)19(26)7-4-3-5-8-19/h13-16,26H,3-12H2,1-2H3/p+1/t14-,15-,16+/m1/s1. The van der Waals surface area contributed by atoms with Gasteiger partial charge in [0.15, 0.2) is 0 Å². The fourth-order valence-electron chi connectivity index (χ4n) is 5.35. The zero-order valence-electron chi connectivity index (χ0n) is 16.0. The lowest BCUT2D eigenvalue weighted by atomic mass is 9.75. The van der Waals surface area contributed by atoms with Crippen LogP contribution in [0.4, 0.5) is 0 Å². The Morgan fingerprint density at radius 3 is 2.81 bits per heavy atom. The predicted octanol–water partition coefficient (Wildman–Crippen LogP) is -0.189. The van der Waals surface area contributed by atoms with Gasteiger partial charge in [-0.25, -0.2) is 4.68 Å². The van der Waals surface area contributed by atoms with Crippen LogP contribution < -0.4 is 4.90 Å². The van der Waals surface area contributed by atoms with Crippen LogP contribution in [0.2, 0.25) is 0 Å². The second kappa shape index (κ2) is 6.93. The van der Waals surface area contributed by atoms with Crippen molar-refractivity contribution < 1.29 is 14.8 Å². The third-order valence-electron chi connectivity index (χ3n) is 6.91. The summed E-state index contributed by atoms with van der Waals surface area (Å²) in [6.45, 7) is 2.92. The van der Waals surface area contributed by atoms with Crippen LogP contribution in [0.15, 0.2) is 6.20 Å². The Morgan fingerprint density at radius 2 is 2.15 bits per heavy atom. The molecule has 4 aliphatic rings. The minimum absolute atomic E-state index is 0.180. The van der Waals surface area contributed by atoms with Crippen molar-refractivity contribution in [2.24, 2.45) is 11.8 Å². The Balaban J connectivity index is 1.41. The number of piperidine rings is 3. The Hall–Kier alpha value is -1.47. The van der Waals surface area contributed by atoms with Crippen molar-refractivity contribution in [1.29, 1.82) is 0 Å². The highest BCUT2D eigenvalue weighted by Crippen LogP contribution is 2.35. The molecular formula is C19H32N5O2+. The molecule has 3 aliphatic heterocycles. The number of carbonyl (C=O) groups is 1. The lowest BCUT2D eigenvalue weighted by molar-refractivity contribution is -0.945. The molecule has 2 bridgehead atoms. The molecule has 26 heavy (non-hydrogen) atoms. The maximum Gasteiger partial charge on any atom is 0.231 e. The minimum atomic E-state index is -0.779. The molecule has 1 amide bonds.